The molecule has 1 unspecified atom stereocenters. The third-order valence-corrected chi connectivity index (χ3v) is 4.70. The number of benzene rings is 2. The molecule has 1 fully saturated rings. The van der Waals surface area contributed by atoms with E-state index in [0.717, 1.165) is 0 Å². The van der Waals surface area contributed by atoms with Crippen LogP contribution >= 0.6 is 0 Å². The Morgan fingerprint density at radius 2 is 1.77 bits per heavy atom. The summed E-state index contributed by atoms with van der Waals surface area (Å²) in [4.78, 5) is 42.2. The summed E-state index contributed by atoms with van der Waals surface area (Å²) in [6, 6.07) is 11.3. The summed E-state index contributed by atoms with van der Waals surface area (Å²) in [6.07, 6.45) is 2.65. The standard InChI is InChI=1S/C21H18FN5O4/c22-14-1-5-17(6-2-14)31-18-7-3-15(4-8-18)25-21(30)19-9-16(28)10-27(19)20(29)11-26-13-23-12-24-26/h1-8,12-13,19H,9-11H2,(H,25,30). The molecule has 0 radical (unpaired) electrons. The number of anilines is 1. The first-order chi connectivity index (χ1) is 15.0. The van der Waals surface area contributed by atoms with Gasteiger partial charge >= 0.3 is 0 Å². The molecule has 1 aliphatic rings. The number of hydrogen-bond acceptors (Lipinski definition) is 6. The topological polar surface area (TPSA) is 106 Å². The number of ether oxygens (including phenoxy) is 1. The zero-order valence-electron chi connectivity index (χ0n) is 16.3. The Morgan fingerprint density at radius 1 is 1.10 bits per heavy atom. The Hall–Kier alpha value is -4.08. The van der Waals surface area contributed by atoms with Gasteiger partial charge < -0.3 is 15.0 Å². The summed E-state index contributed by atoms with van der Waals surface area (Å²) < 4.78 is 19.9. The van der Waals surface area contributed by atoms with Gasteiger partial charge in [-0.2, -0.15) is 5.10 Å². The van der Waals surface area contributed by atoms with Gasteiger partial charge in [-0.05, 0) is 48.5 Å². The maximum absolute atomic E-state index is 13.0. The molecule has 3 aromatic rings. The minimum atomic E-state index is -0.890. The van der Waals surface area contributed by atoms with Crippen LogP contribution in [0.1, 0.15) is 6.42 Å². The summed E-state index contributed by atoms with van der Waals surface area (Å²) in [6.45, 7) is -0.220. The highest BCUT2D eigenvalue weighted by atomic mass is 19.1. The minimum Gasteiger partial charge on any atom is -0.457 e. The second-order valence-corrected chi connectivity index (χ2v) is 6.94. The molecular weight excluding hydrogens is 405 g/mol. The van der Waals surface area contributed by atoms with Crippen molar-refractivity contribution in [3.8, 4) is 11.5 Å². The number of rotatable bonds is 6. The second kappa shape index (κ2) is 8.74. The van der Waals surface area contributed by atoms with E-state index in [9.17, 15) is 18.8 Å². The fourth-order valence-corrected chi connectivity index (χ4v) is 3.20. The van der Waals surface area contributed by atoms with Crippen molar-refractivity contribution in [2.24, 2.45) is 0 Å². The Bertz CT molecular complexity index is 1080. The number of Topliss-reactive ketones (excluding diaryl/α,β-unsaturated/α-hetero) is 1. The van der Waals surface area contributed by atoms with E-state index in [0.29, 0.717) is 17.2 Å². The first-order valence-corrected chi connectivity index (χ1v) is 9.46. The number of ketones is 1. The lowest BCUT2D eigenvalue weighted by atomic mass is 10.2. The molecule has 2 amide bonds. The molecule has 1 aliphatic heterocycles. The van der Waals surface area contributed by atoms with Gasteiger partial charge in [-0.3, -0.25) is 14.4 Å². The lowest BCUT2D eigenvalue weighted by Crippen LogP contribution is -2.44. The number of nitrogens with zero attached hydrogens (tertiary/aromatic N) is 4. The van der Waals surface area contributed by atoms with E-state index >= 15 is 0 Å². The van der Waals surface area contributed by atoms with Gasteiger partial charge in [0, 0.05) is 12.1 Å². The van der Waals surface area contributed by atoms with Crippen molar-refractivity contribution in [3.63, 3.8) is 0 Å². The zero-order chi connectivity index (χ0) is 21.8. The highest BCUT2D eigenvalue weighted by Crippen LogP contribution is 2.24. The predicted molar refractivity (Wildman–Crippen MR) is 107 cm³/mol. The van der Waals surface area contributed by atoms with Gasteiger partial charge in [0.25, 0.3) is 0 Å². The van der Waals surface area contributed by atoms with Gasteiger partial charge in [0.05, 0.1) is 6.54 Å². The first kappa shape index (κ1) is 20.2. The number of amides is 2. The van der Waals surface area contributed by atoms with Crippen LogP contribution in [-0.2, 0) is 20.9 Å². The number of carbonyl (C=O) groups is 3. The van der Waals surface area contributed by atoms with Crippen molar-refractivity contribution in [3.05, 3.63) is 67.0 Å². The summed E-state index contributed by atoms with van der Waals surface area (Å²) in [5, 5.41) is 6.59. The molecule has 0 saturated carbocycles. The van der Waals surface area contributed by atoms with E-state index in [-0.39, 0.29) is 37.0 Å². The molecule has 2 heterocycles. The van der Waals surface area contributed by atoms with Crippen LogP contribution in [0, 0.1) is 5.82 Å². The smallest absolute Gasteiger partial charge is 0.247 e. The van der Waals surface area contributed by atoms with Crippen molar-refractivity contribution in [1.29, 1.82) is 0 Å². The lowest BCUT2D eigenvalue weighted by Gasteiger charge is -2.23. The normalized spacial score (nSPS) is 15.7. The van der Waals surface area contributed by atoms with E-state index in [1.54, 1.807) is 24.3 Å². The molecule has 0 aliphatic carbocycles. The van der Waals surface area contributed by atoms with E-state index < -0.39 is 11.9 Å². The van der Waals surface area contributed by atoms with Crippen LogP contribution in [0.2, 0.25) is 0 Å². The fraction of sp³-hybridized carbons (Fsp3) is 0.190. The average Bonchev–Trinajstić information content (AvgIpc) is 3.40. The maximum Gasteiger partial charge on any atom is 0.247 e. The van der Waals surface area contributed by atoms with Gasteiger partial charge in [0.15, 0.2) is 5.78 Å². The molecule has 1 atom stereocenters. The van der Waals surface area contributed by atoms with E-state index in [2.05, 4.69) is 15.4 Å². The highest BCUT2D eigenvalue weighted by Gasteiger charge is 2.38. The van der Waals surface area contributed by atoms with E-state index in [4.69, 9.17) is 4.74 Å². The number of aromatic nitrogens is 3. The molecular formula is C21H18FN5O4. The molecule has 4 rings (SSSR count). The molecule has 1 aromatic heterocycles. The zero-order valence-corrected chi connectivity index (χ0v) is 16.3. The Labute approximate surface area is 176 Å². The van der Waals surface area contributed by atoms with E-state index in [1.165, 1.54) is 46.5 Å². The molecule has 31 heavy (non-hydrogen) atoms. The number of nitrogens with one attached hydrogen (secondary N) is 1. The van der Waals surface area contributed by atoms with Gasteiger partial charge in [0.2, 0.25) is 11.8 Å². The van der Waals surface area contributed by atoms with Gasteiger partial charge in [-0.15, -0.1) is 0 Å². The van der Waals surface area contributed by atoms with Crippen molar-refractivity contribution >= 4 is 23.3 Å². The molecule has 2 aromatic carbocycles. The molecule has 0 spiro atoms. The molecule has 10 heteroatoms. The monoisotopic (exact) mass is 423 g/mol. The van der Waals surface area contributed by atoms with Crippen molar-refractivity contribution in [1.82, 2.24) is 19.7 Å². The summed E-state index contributed by atoms with van der Waals surface area (Å²) in [7, 11) is 0. The Balaban J connectivity index is 1.38. The van der Waals surface area contributed by atoms with Crippen LogP contribution in [-0.4, -0.2) is 49.8 Å². The quantitative estimate of drug-likeness (QED) is 0.650. The summed E-state index contributed by atoms with van der Waals surface area (Å²) in [5.74, 6) is -0.404. The van der Waals surface area contributed by atoms with Gasteiger partial charge in [-0.25, -0.2) is 14.1 Å². The number of halogens is 1. The van der Waals surface area contributed by atoms with Crippen LogP contribution in [0.25, 0.3) is 0 Å². The van der Waals surface area contributed by atoms with Crippen LogP contribution < -0.4 is 10.1 Å². The lowest BCUT2D eigenvalue weighted by molar-refractivity contribution is -0.137. The Morgan fingerprint density at radius 3 is 2.42 bits per heavy atom. The minimum absolute atomic E-state index is 0.0410. The Kier molecular flexibility index (Phi) is 5.69. The highest BCUT2D eigenvalue weighted by molar-refractivity contribution is 6.03. The molecule has 158 valence electrons. The van der Waals surface area contributed by atoms with Crippen LogP contribution in [0.5, 0.6) is 11.5 Å². The largest absolute Gasteiger partial charge is 0.457 e. The molecule has 1 N–H and O–H groups in total. The predicted octanol–water partition coefficient (Wildman–Crippen LogP) is 2.02. The number of hydrogen-bond donors (Lipinski definition) is 1. The average molecular weight is 423 g/mol. The van der Waals surface area contributed by atoms with Gasteiger partial charge in [-0.1, -0.05) is 0 Å². The van der Waals surface area contributed by atoms with Gasteiger partial charge in [0.1, 0.15) is 42.6 Å². The second-order valence-electron chi connectivity index (χ2n) is 6.94. The molecule has 9 nitrogen and oxygen atoms in total. The molecule has 0 bridgehead atoms. The van der Waals surface area contributed by atoms with Crippen molar-refractivity contribution in [2.45, 2.75) is 19.0 Å². The fourth-order valence-electron chi connectivity index (χ4n) is 3.20. The first-order valence-electron chi connectivity index (χ1n) is 9.46. The summed E-state index contributed by atoms with van der Waals surface area (Å²) in [5.41, 5.74) is 0.486. The molecule has 1 saturated heterocycles. The van der Waals surface area contributed by atoms with E-state index in [1.807, 2.05) is 0 Å². The third kappa shape index (κ3) is 4.92. The van der Waals surface area contributed by atoms with Crippen molar-refractivity contribution in [2.75, 3.05) is 11.9 Å². The SMILES string of the molecule is O=C1CC(C(=O)Nc2ccc(Oc3ccc(F)cc3)cc2)N(C(=O)Cn2cncn2)C1. The van der Waals surface area contributed by atoms with Crippen LogP contribution in [0.15, 0.2) is 61.2 Å². The van der Waals surface area contributed by atoms with Crippen LogP contribution in [0.3, 0.4) is 0 Å². The number of likely N-dealkylation sites (tertiary alicyclic amines) is 1. The third-order valence-electron chi connectivity index (χ3n) is 4.70. The maximum atomic E-state index is 13.0. The summed E-state index contributed by atoms with van der Waals surface area (Å²) >= 11 is 0. The van der Waals surface area contributed by atoms with Crippen LogP contribution in [0.4, 0.5) is 10.1 Å². The van der Waals surface area contributed by atoms with Crippen molar-refractivity contribution < 1.29 is 23.5 Å². The number of carbonyl (C=O) groups excluding carboxylic acids is 3.